The summed E-state index contributed by atoms with van der Waals surface area (Å²) in [5.41, 5.74) is 0. The first-order valence-corrected chi connectivity index (χ1v) is 9.73. The molecule has 0 saturated carbocycles. The van der Waals surface area contributed by atoms with Crippen molar-refractivity contribution in [3.8, 4) is 11.7 Å². The molecule has 0 unspecified atom stereocenters. The Kier molecular flexibility index (Phi) is 6.80. The average molecular weight is 386 g/mol. The van der Waals surface area contributed by atoms with Crippen molar-refractivity contribution < 1.29 is 4.74 Å². The quantitative estimate of drug-likeness (QED) is 0.402. The van der Waals surface area contributed by atoms with Gasteiger partial charge in [-0.15, -0.1) is 5.10 Å². The van der Waals surface area contributed by atoms with Crippen molar-refractivity contribution in [2.75, 3.05) is 36.1 Å². The molecule has 0 amide bonds. The Morgan fingerprint density at radius 3 is 2.37 bits per heavy atom. The topological polar surface area (TPSA) is 103 Å². The van der Waals surface area contributed by atoms with Crippen LogP contribution in [0, 0.1) is 0 Å². The van der Waals surface area contributed by atoms with Gasteiger partial charge in [-0.1, -0.05) is 30.0 Å². The van der Waals surface area contributed by atoms with Crippen LogP contribution in [0.3, 0.4) is 0 Å². The molecule has 142 valence electrons. The zero-order valence-electron chi connectivity index (χ0n) is 15.3. The van der Waals surface area contributed by atoms with Crippen molar-refractivity contribution in [3.05, 3.63) is 36.7 Å². The summed E-state index contributed by atoms with van der Waals surface area (Å²) in [6.45, 7) is 5.98. The summed E-state index contributed by atoms with van der Waals surface area (Å²) in [5, 5.41) is 11.3. The second kappa shape index (κ2) is 9.72. The molecule has 9 nitrogen and oxygen atoms in total. The van der Waals surface area contributed by atoms with Gasteiger partial charge in [0.05, 0.1) is 6.61 Å². The fourth-order valence-electron chi connectivity index (χ4n) is 2.16. The van der Waals surface area contributed by atoms with Crippen molar-refractivity contribution in [2.45, 2.75) is 19.0 Å². The number of nitrogens with one attached hydrogen (secondary N) is 2. The van der Waals surface area contributed by atoms with Gasteiger partial charge in [-0.3, -0.25) is 0 Å². The van der Waals surface area contributed by atoms with Crippen LogP contribution in [-0.2, 0) is 0 Å². The minimum Gasteiger partial charge on any atom is -0.493 e. The number of nitrogens with zero attached hydrogens (tertiary/aromatic N) is 6. The highest BCUT2D eigenvalue weighted by atomic mass is 32.2. The first kappa shape index (κ1) is 18.9. The molecule has 2 aromatic heterocycles. The smallest absolute Gasteiger partial charge is 0.258 e. The Bertz CT molecular complexity index is 818. The van der Waals surface area contributed by atoms with Gasteiger partial charge in [0, 0.05) is 18.8 Å². The van der Waals surface area contributed by atoms with Crippen LogP contribution in [0.15, 0.2) is 41.8 Å². The third-order valence-corrected chi connectivity index (χ3v) is 4.11. The summed E-state index contributed by atoms with van der Waals surface area (Å²) in [6, 6.07) is 9.72. The Balaban J connectivity index is 1.61. The lowest BCUT2D eigenvalue weighted by molar-refractivity contribution is 0.344. The number of ether oxygens (including phenoxy) is 1. The van der Waals surface area contributed by atoms with Gasteiger partial charge in [-0.05, 0) is 26.0 Å². The van der Waals surface area contributed by atoms with E-state index in [4.69, 9.17) is 4.74 Å². The molecule has 3 rings (SSSR count). The fraction of sp³-hybridized carbons (Fsp3) is 0.353. The van der Waals surface area contributed by atoms with Crippen LogP contribution in [0.2, 0.25) is 0 Å². The van der Waals surface area contributed by atoms with Gasteiger partial charge in [-0.25, -0.2) is 4.98 Å². The molecule has 0 aliphatic heterocycles. The van der Waals surface area contributed by atoms with E-state index in [1.165, 1.54) is 11.8 Å². The van der Waals surface area contributed by atoms with Crippen molar-refractivity contribution in [1.29, 1.82) is 0 Å². The summed E-state index contributed by atoms with van der Waals surface area (Å²) >= 11 is 1.51. The third-order valence-electron chi connectivity index (χ3n) is 3.30. The van der Waals surface area contributed by atoms with Gasteiger partial charge in [0.2, 0.25) is 17.1 Å². The van der Waals surface area contributed by atoms with Crippen LogP contribution in [-0.4, -0.2) is 55.2 Å². The molecule has 0 radical (unpaired) electrons. The normalized spacial score (nSPS) is 10.6. The SMILES string of the molecule is CCNc1nc(NCC)nc(-n2cnc(SCCOc3ccccc3)n2)n1. The molecule has 0 fully saturated rings. The summed E-state index contributed by atoms with van der Waals surface area (Å²) in [7, 11) is 0. The van der Waals surface area contributed by atoms with E-state index in [0.717, 1.165) is 24.6 Å². The van der Waals surface area contributed by atoms with E-state index < -0.39 is 0 Å². The van der Waals surface area contributed by atoms with Crippen LogP contribution in [0.25, 0.3) is 5.95 Å². The van der Waals surface area contributed by atoms with Gasteiger partial charge >= 0.3 is 0 Å². The molecule has 1 aromatic carbocycles. The Morgan fingerprint density at radius 1 is 1.00 bits per heavy atom. The summed E-state index contributed by atoms with van der Waals surface area (Å²) in [6.07, 6.45) is 1.60. The maximum Gasteiger partial charge on any atom is 0.258 e. The van der Waals surface area contributed by atoms with Crippen molar-refractivity contribution >= 4 is 23.7 Å². The van der Waals surface area contributed by atoms with E-state index in [9.17, 15) is 0 Å². The Hall–Kier alpha value is -2.88. The van der Waals surface area contributed by atoms with Crippen LogP contribution in [0.5, 0.6) is 5.75 Å². The van der Waals surface area contributed by atoms with E-state index in [2.05, 4.69) is 35.7 Å². The lowest BCUT2D eigenvalue weighted by Gasteiger charge is -2.07. The predicted molar refractivity (Wildman–Crippen MR) is 106 cm³/mol. The zero-order chi connectivity index (χ0) is 18.9. The van der Waals surface area contributed by atoms with Crippen LogP contribution < -0.4 is 15.4 Å². The van der Waals surface area contributed by atoms with Crippen LogP contribution in [0.1, 0.15) is 13.8 Å². The van der Waals surface area contributed by atoms with Crippen molar-refractivity contribution in [1.82, 2.24) is 29.7 Å². The van der Waals surface area contributed by atoms with E-state index in [-0.39, 0.29) is 0 Å². The van der Waals surface area contributed by atoms with Gasteiger partial charge in [-0.2, -0.15) is 19.6 Å². The number of hydrogen-bond donors (Lipinski definition) is 2. The van der Waals surface area contributed by atoms with E-state index in [1.807, 2.05) is 44.2 Å². The third kappa shape index (κ3) is 5.55. The van der Waals surface area contributed by atoms with Gasteiger partial charge in [0.15, 0.2) is 0 Å². The first-order chi connectivity index (χ1) is 13.3. The largest absolute Gasteiger partial charge is 0.493 e. The van der Waals surface area contributed by atoms with Crippen LogP contribution >= 0.6 is 11.8 Å². The number of benzene rings is 1. The monoisotopic (exact) mass is 386 g/mol. The molecule has 0 atom stereocenters. The highest BCUT2D eigenvalue weighted by molar-refractivity contribution is 7.99. The molecule has 0 saturated heterocycles. The molecule has 0 spiro atoms. The number of rotatable bonds is 10. The van der Waals surface area contributed by atoms with E-state index >= 15 is 0 Å². The number of para-hydroxylation sites is 1. The zero-order valence-corrected chi connectivity index (χ0v) is 16.1. The second-order valence-electron chi connectivity index (χ2n) is 5.32. The van der Waals surface area contributed by atoms with Gasteiger partial charge in [0.1, 0.15) is 12.1 Å². The fourth-order valence-corrected chi connectivity index (χ4v) is 2.78. The predicted octanol–water partition coefficient (Wildman–Crippen LogP) is 2.49. The minimum atomic E-state index is 0.414. The highest BCUT2D eigenvalue weighted by Crippen LogP contribution is 2.15. The second-order valence-corrected chi connectivity index (χ2v) is 6.39. The van der Waals surface area contributed by atoms with Crippen molar-refractivity contribution in [2.24, 2.45) is 0 Å². The lowest BCUT2D eigenvalue weighted by atomic mass is 10.3. The maximum atomic E-state index is 5.67. The summed E-state index contributed by atoms with van der Waals surface area (Å²) in [5.74, 6) is 3.01. The molecule has 3 aromatic rings. The molecule has 2 N–H and O–H groups in total. The number of thioether (sulfide) groups is 1. The maximum absolute atomic E-state index is 5.67. The van der Waals surface area contributed by atoms with E-state index in [1.54, 1.807) is 11.0 Å². The van der Waals surface area contributed by atoms with Crippen LogP contribution in [0.4, 0.5) is 11.9 Å². The summed E-state index contributed by atoms with van der Waals surface area (Å²) < 4.78 is 7.22. The molecule has 27 heavy (non-hydrogen) atoms. The molecule has 0 aliphatic carbocycles. The summed E-state index contributed by atoms with van der Waals surface area (Å²) in [4.78, 5) is 17.4. The van der Waals surface area contributed by atoms with Gasteiger partial charge in [0.25, 0.3) is 5.95 Å². The van der Waals surface area contributed by atoms with Crippen molar-refractivity contribution in [3.63, 3.8) is 0 Å². The highest BCUT2D eigenvalue weighted by Gasteiger charge is 2.10. The standard InChI is InChI=1S/C17H22N8OS/c1-3-18-14-21-15(19-4-2)23-16(22-14)25-12-20-17(24-25)27-11-10-26-13-8-6-5-7-9-13/h5-9,12H,3-4,10-11H2,1-2H3,(H2,18,19,21,22,23). The molecule has 10 heteroatoms. The van der Waals surface area contributed by atoms with E-state index in [0.29, 0.717) is 29.6 Å². The average Bonchev–Trinajstić information content (AvgIpc) is 3.16. The molecule has 0 aliphatic rings. The lowest BCUT2D eigenvalue weighted by Crippen LogP contribution is -2.12. The molecule has 0 bridgehead atoms. The Labute approximate surface area is 162 Å². The number of anilines is 2. The molecular weight excluding hydrogens is 364 g/mol. The molecular formula is C17H22N8OS. The minimum absolute atomic E-state index is 0.414. The van der Waals surface area contributed by atoms with Gasteiger partial charge < -0.3 is 15.4 Å². The number of hydrogen-bond acceptors (Lipinski definition) is 9. The number of aromatic nitrogens is 6. The Morgan fingerprint density at radius 2 is 1.70 bits per heavy atom. The first-order valence-electron chi connectivity index (χ1n) is 8.75. The molecule has 2 heterocycles.